The van der Waals surface area contributed by atoms with Crippen molar-refractivity contribution >= 4 is 39.1 Å². The summed E-state index contributed by atoms with van der Waals surface area (Å²) in [5, 5.41) is 10.2. The van der Waals surface area contributed by atoms with E-state index in [9.17, 15) is 31.5 Å². The Balaban J connectivity index is 1.83. The van der Waals surface area contributed by atoms with Gasteiger partial charge in [0.15, 0.2) is 5.69 Å². The molecule has 0 fully saturated rings. The predicted molar refractivity (Wildman–Crippen MR) is 121 cm³/mol. The van der Waals surface area contributed by atoms with E-state index in [1.165, 1.54) is 6.20 Å². The van der Waals surface area contributed by atoms with Crippen molar-refractivity contribution in [3.63, 3.8) is 0 Å². The molecule has 0 aliphatic carbocycles. The number of nitrogens with two attached hydrogens (primary N) is 1. The number of aromatic nitrogens is 5. The lowest BCUT2D eigenvalue weighted by molar-refractivity contribution is -0.141. The summed E-state index contributed by atoms with van der Waals surface area (Å²) in [6.45, 7) is 3.47. The molecule has 4 aromatic heterocycles. The largest absolute Gasteiger partial charge is 0.435 e. The van der Waals surface area contributed by atoms with Gasteiger partial charge in [-0.2, -0.15) is 23.4 Å². The molecule has 4 aromatic rings. The van der Waals surface area contributed by atoms with Crippen LogP contribution in [0.1, 0.15) is 40.1 Å². The number of alkyl halides is 5. The number of carbonyl (C=O) groups excluding carboxylic acids is 2. The number of pyridine rings is 1. The second kappa shape index (κ2) is 9.29. The van der Waals surface area contributed by atoms with E-state index in [-0.39, 0.29) is 26.3 Å². The van der Waals surface area contributed by atoms with Gasteiger partial charge in [-0.1, -0.05) is 0 Å². The number of halogens is 5. The molecule has 0 aromatic carbocycles. The Bertz CT molecular complexity index is 1470. The molecule has 0 saturated heterocycles. The normalized spacial score (nSPS) is 12.0. The number of carbonyl (C=O) groups is 2. The Labute approximate surface area is 203 Å². The van der Waals surface area contributed by atoms with Gasteiger partial charge in [0.05, 0.1) is 11.9 Å². The van der Waals surface area contributed by atoms with Crippen molar-refractivity contribution in [3.05, 3.63) is 46.5 Å². The van der Waals surface area contributed by atoms with E-state index < -0.39 is 42.3 Å². The number of thiophene rings is 1. The highest BCUT2D eigenvalue weighted by atomic mass is 32.1. The van der Waals surface area contributed by atoms with Crippen LogP contribution in [-0.2, 0) is 24.1 Å². The molecule has 4 rings (SSSR count). The Hall–Kier alpha value is -3.88. The van der Waals surface area contributed by atoms with E-state index in [0.717, 1.165) is 16.9 Å². The van der Waals surface area contributed by atoms with Gasteiger partial charge in [-0.05, 0) is 31.5 Å². The number of fused-ring (bicyclic) bond motifs is 1. The first-order chi connectivity index (χ1) is 16.9. The van der Waals surface area contributed by atoms with Gasteiger partial charge in [0.1, 0.15) is 21.9 Å². The Morgan fingerprint density at radius 1 is 1.25 bits per heavy atom. The standard InChI is InChI=1S/C21H18F5N7O2S/c1-3-33-9(2)11(7-28-33)10-6-12(18(22)23)29-20-15(10)16(17(36-20)19(27)35)30-14(34)8-32-5-4-13(31-32)21(24,25)26/h4-7,18H,3,8H2,1-2H3,(H2,27,35)(H,30,34). The smallest absolute Gasteiger partial charge is 0.365 e. The average molecular weight is 527 g/mol. The van der Waals surface area contributed by atoms with Crippen molar-refractivity contribution in [2.24, 2.45) is 5.73 Å². The highest BCUT2D eigenvalue weighted by Gasteiger charge is 2.34. The van der Waals surface area contributed by atoms with Gasteiger partial charge in [0.2, 0.25) is 5.91 Å². The van der Waals surface area contributed by atoms with E-state index in [4.69, 9.17) is 5.73 Å². The van der Waals surface area contributed by atoms with Crippen LogP contribution in [0.2, 0.25) is 0 Å². The zero-order chi connectivity index (χ0) is 26.4. The molecule has 190 valence electrons. The summed E-state index contributed by atoms with van der Waals surface area (Å²) in [6.07, 6.45) is -5.16. The van der Waals surface area contributed by atoms with Crippen molar-refractivity contribution in [2.45, 2.75) is 39.5 Å². The van der Waals surface area contributed by atoms with E-state index in [1.807, 2.05) is 6.92 Å². The zero-order valence-electron chi connectivity index (χ0n) is 18.7. The van der Waals surface area contributed by atoms with Crippen molar-refractivity contribution in [2.75, 3.05) is 5.32 Å². The number of primary amides is 1. The van der Waals surface area contributed by atoms with E-state index in [2.05, 4.69) is 20.5 Å². The lowest BCUT2D eigenvalue weighted by Crippen LogP contribution is -2.21. The molecule has 0 atom stereocenters. The second-order valence-corrected chi connectivity index (χ2v) is 8.65. The number of nitrogens with zero attached hydrogens (tertiary/aromatic N) is 5. The molecule has 36 heavy (non-hydrogen) atoms. The van der Waals surface area contributed by atoms with E-state index in [1.54, 1.807) is 11.6 Å². The minimum absolute atomic E-state index is 0.0222. The number of aryl methyl sites for hydroxylation is 1. The van der Waals surface area contributed by atoms with Gasteiger partial charge < -0.3 is 11.1 Å². The van der Waals surface area contributed by atoms with Crippen LogP contribution in [0.5, 0.6) is 0 Å². The lowest BCUT2D eigenvalue weighted by Gasteiger charge is -2.11. The Morgan fingerprint density at radius 3 is 2.53 bits per heavy atom. The molecule has 3 N–H and O–H groups in total. The second-order valence-electron chi connectivity index (χ2n) is 7.65. The van der Waals surface area contributed by atoms with Gasteiger partial charge in [0, 0.05) is 29.4 Å². The fourth-order valence-electron chi connectivity index (χ4n) is 3.69. The molecule has 0 bridgehead atoms. The zero-order valence-corrected chi connectivity index (χ0v) is 19.5. The summed E-state index contributed by atoms with van der Waals surface area (Å²) in [7, 11) is 0. The summed E-state index contributed by atoms with van der Waals surface area (Å²) >= 11 is 0.714. The van der Waals surface area contributed by atoms with Crippen molar-refractivity contribution in [3.8, 4) is 11.1 Å². The monoisotopic (exact) mass is 527 g/mol. The quantitative estimate of drug-likeness (QED) is 0.346. The number of hydrogen-bond donors (Lipinski definition) is 2. The summed E-state index contributed by atoms with van der Waals surface area (Å²) in [6, 6.07) is 1.86. The van der Waals surface area contributed by atoms with Gasteiger partial charge in [-0.3, -0.25) is 19.0 Å². The summed E-state index contributed by atoms with van der Waals surface area (Å²) in [5.74, 6) is -1.77. The van der Waals surface area contributed by atoms with Crippen LogP contribution in [-0.4, -0.2) is 36.4 Å². The first kappa shape index (κ1) is 25.2. The molecule has 0 radical (unpaired) electrons. The number of hydrogen-bond acceptors (Lipinski definition) is 6. The molecule has 0 aliphatic rings. The first-order valence-corrected chi connectivity index (χ1v) is 11.2. The highest BCUT2D eigenvalue weighted by molar-refractivity contribution is 7.21. The number of amides is 2. The molecule has 4 heterocycles. The Morgan fingerprint density at radius 2 is 1.97 bits per heavy atom. The highest BCUT2D eigenvalue weighted by Crippen LogP contribution is 2.43. The van der Waals surface area contributed by atoms with Crippen molar-refractivity contribution in [1.82, 2.24) is 24.5 Å². The maximum Gasteiger partial charge on any atom is 0.435 e. The van der Waals surface area contributed by atoms with Crippen LogP contribution in [0.25, 0.3) is 21.3 Å². The van der Waals surface area contributed by atoms with Crippen molar-refractivity contribution in [1.29, 1.82) is 0 Å². The van der Waals surface area contributed by atoms with Crippen LogP contribution >= 0.6 is 11.3 Å². The van der Waals surface area contributed by atoms with E-state index in [0.29, 0.717) is 35.2 Å². The number of rotatable bonds is 7. The fourth-order valence-corrected chi connectivity index (χ4v) is 4.71. The SMILES string of the molecule is CCn1ncc(-c2cc(C(F)F)nc3sc(C(N)=O)c(NC(=O)Cn4ccc(C(F)(F)F)n4)c23)c1C. The summed E-state index contributed by atoms with van der Waals surface area (Å²) < 4.78 is 68.2. The molecule has 0 aliphatic heterocycles. The maximum atomic E-state index is 13.6. The van der Waals surface area contributed by atoms with Crippen molar-refractivity contribution < 1.29 is 31.5 Å². The van der Waals surface area contributed by atoms with Gasteiger partial charge in [-0.25, -0.2) is 13.8 Å². The average Bonchev–Trinajstić information content (AvgIpc) is 3.50. The van der Waals surface area contributed by atoms with Crippen LogP contribution in [0.3, 0.4) is 0 Å². The molecule has 9 nitrogen and oxygen atoms in total. The summed E-state index contributed by atoms with van der Waals surface area (Å²) in [4.78, 5) is 28.7. The Kier molecular flexibility index (Phi) is 6.51. The van der Waals surface area contributed by atoms with Crippen LogP contribution < -0.4 is 11.1 Å². The van der Waals surface area contributed by atoms with Crippen LogP contribution in [0, 0.1) is 6.92 Å². The van der Waals surface area contributed by atoms with Crippen LogP contribution in [0.15, 0.2) is 24.5 Å². The molecule has 15 heteroatoms. The third-order valence-electron chi connectivity index (χ3n) is 5.32. The van der Waals surface area contributed by atoms with E-state index >= 15 is 0 Å². The molecule has 0 spiro atoms. The lowest BCUT2D eigenvalue weighted by atomic mass is 10.0. The minimum Gasteiger partial charge on any atom is -0.365 e. The van der Waals surface area contributed by atoms with Gasteiger partial charge in [-0.15, -0.1) is 11.3 Å². The molecule has 0 unspecified atom stereocenters. The predicted octanol–water partition coefficient (Wildman–Crippen LogP) is 4.38. The first-order valence-electron chi connectivity index (χ1n) is 10.4. The molecule has 0 saturated carbocycles. The molecule has 2 amide bonds. The maximum absolute atomic E-state index is 13.6. The van der Waals surface area contributed by atoms with Gasteiger partial charge >= 0.3 is 6.18 Å². The third-order valence-corrected chi connectivity index (χ3v) is 6.42. The number of nitrogens with one attached hydrogen (secondary N) is 1. The molecular weight excluding hydrogens is 509 g/mol. The van der Waals surface area contributed by atoms with Crippen LogP contribution in [0.4, 0.5) is 27.6 Å². The van der Waals surface area contributed by atoms with Gasteiger partial charge in [0.25, 0.3) is 12.3 Å². The topological polar surface area (TPSA) is 121 Å². The minimum atomic E-state index is -4.69. The summed E-state index contributed by atoms with van der Waals surface area (Å²) in [5.41, 5.74) is 5.03. The number of anilines is 1. The third kappa shape index (κ3) is 4.65. The fraction of sp³-hybridized carbons (Fsp3) is 0.286. The molecular formula is C21H18F5N7O2S.